The van der Waals surface area contributed by atoms with Crippen LogP contribution in [0.4, 0.5) is 4.39 Å². The van der Waals surface area contributed by atoms with E-state index in [9.17, 15) is 14.0 Å². The van der Waals surface area contributed by atoms with Crippen molar-refractivity contribution in [2.45, 2.75) is 12.8 Å². The number of hydrogen-bond donors (Lipinski definition) is 3. The lowest BCUT2D eigenvalue weighted by Crippen LogP contribution is -2.43. The van der Waals surface area contributed by atoms with Gasteiger partial charge >= 0.3 is 0 Å². The van der Waals surface area contributed by atoms with Gasteiger partial charge in [-0.15, -0.1) is 0 Å². The second kappa shape index (κ2) is 11.8. The third kappa shape index (κ3) is 6.80. The van der Waals surface area contributed by atoms with E-state index in [0.717, 1.165) is 19.5 Å². The van der Waals surface area contributed by atoms with Gasteiger partial charge in [0, 0.05) is 52.1 Å². The summed E-state index contributed by atoms with van der Waals surface area (Å²) < 4.78 is 13.6. The molecule has 3 rings (SSSR count). The highest BCUT2D eigenvalue weighted by molar-refractivity contribution is 5.94. The van der Waals surface area contributed by atoms with Crippen LogP contribution in [0.15, 0.2) is 59.6 Å². The van der Waals surface area contributed by atoms with Crippen molar-refractivity contribution in [2.75, 3.05) is 39.8 Å². The Kier molecular flexibility index (Phi) is 8.60. The first-order valence-electron chi connectivity index (χ1n) is 10.9. The third-order valence-electron chi connectivity index (χ3n) is 5.41. The molecule has 1 saturated heterocycles. The van der Waals surface area contributed by atoms with Gasteiger partial charge in [0.15, 0.2) is 5.96 Å². The van der Waals surface area contributed by atoms with Crippen LogP contribution in [0, 0.1) is 11.7 Å². The molecule has 2 aromatic rings. The molecule has 2 aromatic carbocycles. The van der Waals surface area contributed by atoms with Crippen LogP contribution in [-0.2, 0) is 11.2 Å². The van der Waals surface area contributed by atoms with E-state index in [-0.39, 0.29) is 17.4 Å². The number of benzene rings is 2. The molecule has 0 aliphatic carbocycles. The Morgan fingerprint density at radius 2 is 1.78 bits per heavy atom. The molecule has 0 radical (unpaired) electrons. The Labute approximate surface area is 188 Å². The SMILES string of the molecule is CN=C(NCCNC(=O)c1ccccc1F)NCC1CC(=O)N(CCc2ccccc2)C1. The van der Waals surface area contributed by atoms with E-state index < -0.39 is 11.7 Å². The highest BCUT2D eigenvalue weighted by Crippen LogP contribution is 2.17. The van der Waals surface area contributed by atoms with Gasteiger partial charge in [0.2, 0.25) is 5.91 Å². The van der Waals surface area contributed by atoms with E-state index >= 15 is 0 Å². The van der Waals surface area contributed by atoms with Gasteiger partial charge in [0.25, 0.3) is 5.91 Å². The standard InChI is InChI=1S/C24H30FN5O2/c1-26-24(28-13-12-27-23(32)20-9-5-6-10-21(20)25)29-16-19-15-22(31)30(17-19)14-11-18-7-3-2-4-8-18/h2-10,19H,11-17H2,1H3,(H,27,32)(H2,26,28,29). The number of rotatable bonds is 9. The monoisotopic (exact) mass is 439 g/mol. The van der Waals surface area contributed by atoms with Crippen LogP contribution in [0.2, 0.25) is 0 Å². The molecule has 3 N–H and O–H groups in total. The molecule has 1 heterocycles. The molecular weight excluding hydrogens is 409 g/mol. The van der Waals surface area contributed by atoms with Crippen LogP contribution in [0.25, 0.3) is 0 Å². The molecule has 8 heteroatoms. The molecule has 0 aromatic heterocycles. The predicted molar refractivity (Wildman–Crippen MR) is 123 cm³/mol. The Bertz CT molecular complexity index is 935. The van der Waals surface area contributed by atoms with Crippen molar-refractivity contribution in [1.82, 2.24) is 20.9 Å². The van der Waals surface area contributed by atoms with Crippen molar-refractivity contribution in [3.05, 3.63) is 71.5 Å². The van der Waals surface area contributed by atoms with Crippen molar-refractivity contribution in [2.24, 2.45) is 10.9 Å². The quantitative estimate of drug-likeness (QED) is 0.316. The van der Waals surface area contributed by atoms with E-state index in [0.29, 0.717) is 32.0 Å². The molecule has 1 unspecified atom stereocenters. The summed E-state index contributed by atoms with van der Waals surface area (Å²) in [5.74, 6) is 0.0108. The molecule has 7 nitrogen and oxygen atoms in total. The Morgan fingerprint density at radius 3 is 2.53 bits per heavy atom. The zero-order valence-electron chi connectivity index (χ0n) is 18.3. The number of amides is 2. The van der Waals surface area contributed by atoms with Crippen molar-refractivity contribution in [3.63, 3.8) is 0 Å². The number of guanidine groups is 1. The van der Waals surface area contributed by atoms with Gasteiger partial charge in [-0.05, 0) is 24.1 Å². The van der Waals surface area contributed by atoms with Gasteiger partial charge in [-0.2, -0.15) is 0 Å². The van der Waals surface area contributed by atoms with Crippen LogP contribution >= 0.6 is 0 Å². The van der Waals surface area contributed by atoms with E-state index in [4.69, 9.17) is 0 Å². The number of hydrogen-bond acceptors (Lipinski definition) is 3. The molecule has 1 atom stereocenters. The fourth-order valence-electron chi connectivity index (χ4n) is 3.67. The molecular formula is C24H30FN5O2. The Balaban J connectivity index is 1.34. The molecule has 1 aliphatic rings. The lowest BCUT2D eigenvalue weighted by Gasteiger charge is -2.18. The average Bonchev–Trinajstić information content (AvgIpc) is 3.17. The summed E-state index contributed by atoms with van der Waals surface area (Å²) in [5.41, 5.74) is 1.26. The minimum atomic E-state index is -0.542. The number of carbonyl (C=O) groups is 2. The highest BCUT2D eigenvalue weighted by Gasteiger charge is 2.29. The summed E-state index contributed by atoms with van der Waals surface area (Å²) in [7, 11) is 1.67. The lowest BCUT2D eigenvalue weighted by atomic mass is 10.1. The van der Waals surface area contributed by atoms with Crippen molar-refractivity contribution < 1.29 is 14.0 Å². The molecule has 2 amide bonds. The summed E-state index contributed by atoms with van der Waals surface area (Å²) >= 11 is 0. The minimum Gasteiger partial charge on any atom is -0.356 e. The van der Waals surface area contributed by atoms with Crippen LogP contribution in [0.3, 0.4) is 0 Å². The van der Waals surface area contributed by atoms with Gasteiger partial charge in [-0.1, -0.05) is 42.5 Å². The maximum atomic E-state index is 13.6. The first kappa shape index (κ1) is 23.2. The molecule has 170 valence electrons. The zero-order chi connectivity index (χ0) is 22.8. The molecule has 1 fully saturated rings. The highest BCUT2D eigenvalue weighted by atomic mass is 19.1. The minimum absolute atomic E-state index is 0.0257. The number of carbonyl (C=O) groups excluding carboxylic acids is 2. The smallest absolute Gasteiger partial charge is 0.254 e. The average molecular weight is 440 g/mol. The lowest BCUT2D eigenvalue weighted by molar-refractivity contribution is -0.127. The van der Waals surface area contributed by atoms with Gasteiger partial charge < -0.3 is 20.9 Å². The summed E-state index contributed by atoms with van der Waals surface area (Å²) in [6, 6.07) is 16.0. The number of likely N-dealkylation sites (tertiary alicyclic amines) is 1. The van der Waals surface area contributed by atoms with Crippen LogP contribution < -0.4 is 16.0 Å². The second-order valence-corrected chi connectivity index (χ2v) is 7.76. The molecule has 1 aliphatic heterocycles. The molecule has 0 saturated carbocycles. The van der Waals surface area contributed by atoms with E-state index in [1.807, 2.05) is 23.1 Å². The van der Waals surface area contributed by atoms with Gasteiger partial charge in [0.1, 0.15) is 5.82 Å². The number of aliphatic imine (C=N–C) groups is 1. The normalized spacial score (nSPS) is 16.2. The summed E-state index contributed by atoms with van der Waals surface area (Å²) in [4.78, 5) is 30.4. The molecule has 0 bridgehead atoms. The number of nitrogens with one attached hydrogen (secondary N) is 3. The fraction of sp³-hybridized carbons (Fsp3) is 0.375. The number of nitrogens with zero attached hydrogens (tertiary/aromatic N) is 2. The van der Waals surface area contributed by atoms with Crippen LogP contribution in [-0.4, -0.2) is 62.4 Å². The number of halogens is 1. The maximum Gasteiger partial charge on any atom is 0.254 e. The topological polar surface area (TPSA) is 85.8 Å². The van der Waals surface area contributed by atoms with Gasteiger partial charge in [0.05, 0.1) is 5.56 Å². The van der Waals surface area contributed by atoms with Crippen LogP contribution in [0.1, 0.15) is 22.3 Å². The van der Waals surface area contributed by atoms with Crippen molar-refractivity contribution in [3.8, 4) is 0 Å². The van der Waals surface area contributed by atoms with Crippen molar-refractivity contribution >= 4 is 17.8 Å². The van der Waals surface area contributed by atoms with E-state index in [1.54, 1.807) is 19.2 Å². The maximum absolute atomic E-state index is 13.6. The zero-order valence-corrected chi connectivity index (χ0v) is 18.3. The summed E-state index contributed by atoms with van der Waals surface area (Å²) in [6.07, 6.45) is 1.38. The first-order valence-corrected chi connectivity index (χ1v) is 10.9. The Morgan fingerprint density at radius 1 is 1.06 bits per heavy atom. The Hall–Kier alpha value is -3.42. The largest absolute Gasteiger partial charge is 0.356 e. The van der Waals surface area contributed by atoms with Gasteiger partial charge in [-0.25, -0.2) is 4.39 Å². The van der Waals surface area contributed by atoms with Gasteiger partial charge in [-0.3, -0.25) is 14.6 Å². The third-order valence-corrected chi connectivity index (χ3v) is 5.41. The van der Waals surface area contributed by atoms with E-state index in [2.05, 4.69) is 33.1 Å². The van der Waals surface area contributed by atoms with E-state index in [1.165, 1.54) is 17.7 Å². The second-order valence-electron chi connectivity index (χ2n) is 7.76. The first-order chi connectivity index (χ1) is 15.6. The fourth-order valence-corrected chi connectivity index (χ4v) is 3.67. The van der Waals surface area contributed by atoms with Crippen molar-refractivity contribution in [1.29, 1.82) is 0 Å². The molecule has 32 heavy (non-hydrogen) atoms. The van der Waals surface area contributed by atoms with Crippen LogP contribution in [0.5, 0.6) is 0 Å². The predicted octanol–water partition coefficient (Wildman–Crippen LogP) is 1.81. The summed E-state index contributed by atoms with van der Waals surface area (Å²) in [6.45, 7) is 2.85. The molecule has 0 spiro atoms. The summed E-state index contributed by atoms with van der Waals surface area (Å²) in [5, 5.41) is 9.04.